The van der Waals surface area contributed by atoms with Gasteiger partial charge in [0.1, 0.15) is 0 Å². The summed E-state index contributed by atoms with van der Waals surface area (Å²) in [6.45, 7) is 9.13. The summed E-state index contributed by atoms with van der Waals surface area (Å²) in [5, 5.41) is 3.50. The summed E-state index contributed by atoms with van der Waals surface area (Å²) in [5.74, 6) is 1.36. The molecule has 21 heavy (non-hydrogen) atoms. The molecule has 1 fully saturated rings. The third kappa shape index (κ3) is 4.30. The smallest absolute Gasteiger partial charge is 0.293 e. The van der Waals surface area contributed by atoms with Crippen LogP contribution in [0.1, 0.15) is 39.5 Å². The highest BCUT2D eigenvalue weighted by Crippen LogP contribution is 2.19. The van der Waals surface area contributed by atoms with Crippen LogP contribution in [-0.2, 0) is 6.54 Å². The minimum Gasteiger partial charge on any atom is -0.352 e. The van der Waals surface area contributed by atoms with E-state index in [2.05, 4.69) is 29.0 Å². The van der Waals surface area contributed by atoms with Gasteiger partial charge in [-0.1, -0.05) is 13.8 Å². The molecule has 2 rings (SSSR count). The van der Waals surface area contributed by atoms with Gasteiger partial charge in [-0.3, -0.25) is 4.79 Å². The molecule has 0 unspecified atom stereocenters. The van der Waals surface area contributed by atoms with Gasteiger partial charge in [0.2, 0.25) is 0 Å². The van der Waals surface area contributed by atoms with E-state index in [-0.39, 0.29) is 5.56 Å². The van der Waals surface area contributed by atoms with E-state index in [0.717, 1.165) is 57.9 Å². The van der Waals surface area contributed by atoms with Crippen LogP contribution < -0.4 is 15.8 Å². The molecule has 0 saturated carbocycles. The van der Waals surface area contributed by atoms with E-state index in [9.17, 15) is 4.79 Å². The molecule has 2 heterocycles. The number of hydrogen-bond donors (Lipinski definition) is 1. The van der Waals surface area contributed by atoms with Crippen molar-refractivity contribution in [3.63, 3.8) is 0 Å². The standard InChI is InChI=1S/C16H28N4O/c1-3-7-17-13-14-5-10-19(11-6-14)15-16(21)20(9-4-2)12-8-18-15/h8,12,14,17H,3-7,9-11,13H2,1-2H3. The average molecular weight is 292 g/mol. The predicted molar refractivity (Wildman–Crippen MR) is 86.9 cm³/mol. The van der Waals surface area contributed by atoms with Crippen molar-refractivity contribution in [3.05, 3.63) is 22.7 Å². The van der Waals surface area contributed by atoms with Crippen LogP contribution in [0, 0.1) is 5.92 Å². The molecule has 0 spiro atoms. The fourth-order valence-corrected chi connectivity index (χ4v) is 2.90. The minimum atomic E-state index is 0.0573. The monoisotopic (exact) mass is 292 g/mol. The summed E-state index contributed by atoms with van der Waals surface area (Å²) in [6, 6.07) is 0. The summed E-state index contributed by atoms with van der Waals surface area (Å²) in [7, 11) is 0. The second-order valence-electron chi connectivity index (χ2n) is 5.88. The average Bonchev–Trinajstić information content (AvgIpc) is 2.51. The molecule has 1 aromatic rings. The van der Waals surface area contributed by atoms with Crippen LogP contribution in [-0.4, -0.2) is 35.7 Å². The fraction of sp³-hybridized carbons (Fsp3) is 0.750. The van der Waals surface area contributed by atoms with Crippen molar-refractivity contribution in [3.8, 4) is 0 Å². The number of aromatic nitrogens is 2. The highest BCUT2D eigenvalue weighted by atomic mass is 16.1. The Kier molecular flexibility index (Phi) is 6.23. The van der Waals surface area contributed by atoms with Gasteiger partial charge in [0.05, 0.1) is 0 Å². The molecule has 5 heteroatoms. The van der Waals surface area contributed by atoms with Crippen LogP contribution in [0.5, 0.6) is 0 Å². The molecular weight excluding hydrogens is 264 g/mol. The lowest BCUT2D eigenvalue weighted by Gasteiger charge is -2.32. The lowest BCUT2D eigenvalue weighted by atomic mass is 9.97. The minimum absolute atomic E-state index is 0.0573. The Bertz CT molecular complexity index is 477. The maximum atomic E-state index is 12.4. The molecule has 0 radical (unpaired) electrons. The molecule has 1 N–H and O–H groups in total. The van der Waals surface area contributed by atoms with Crippen molar-refractivity contribution < 1.29 is 0 Å². The summed E-state index contributed by atoms with van der Waals surface area (Å²) in [4.78, 5) is 18.9. The Balaban J connectivity index is 1.93. The molecule has 0 bridgehead atoms. The van der Waals surface area contributed by atoms with Crippen LogP contribution >= 0.6 is 0 Å². The van der Waals surface area contributed by atoms with Crippen molar-refractivity contribution in [2.45, 2.75) is 46.1 Å². The van der Waals surface area contributed by atoms with Gasteiger partial charge in [-0.25, -0.2) is 4.98 Å². The van der Waals surface area contributed by atoms with Crippen LogP contribution in [0.4, 0.5) is 5.82 Å². The largest absolute Gasteiger partial charge is 0.352 e. The third-order valence-corrected chi connectivity index (χ3v) is 4.13. The third-order valence-electron chi connectivity index (χ3n) is 4.13. The van der Waals surface area contributed by atoms with Gasteiger partial charge in [-0.05, 0) is 44.7 Å². The molecule has 0 aromatic carbocycles. The fourth-order valence-electron chi connectivity index (χ4n) is 2.90. The lowest BCUT2D eigenvalue weighted by Crippen LogP contribution is -2.41. The quantitative estimate of drug-likeness (QED) is 0.780. The molecule has 5 nitrogen and oxygen atoms in total. The highest BCUT2D eigenvalue weighted by Gasteiger charge is 2.22. The Labute approximate surface area is 127 Å². The summed E-state index contributed by atoms with van der Waals surface area (Å²) in [6.07, 6.45) is 7.97. The predicted octanol–water partition coefficient (Wildman–Crippen LogP) is 1.87. The maximum absolute atomic E-state index is 12.4. The van der Waals surface area contributed by atoms with Crippen molar-refractivity contribution in [2.24, 2.45) is 5.92 Å². The lowest BCUT2D eigenvalue weighted by molar-refractivity contribution is 0.381. The summed E-state index contributed by atoms with van der Waals surface area (Å²) in [5.41, 5.74) is 0.0573. The van der Waals surface area contributed by atoms with Crippen molar-refractivity contribution >= 4 is 5.82 Å². The Morgan fingerprint density at radius 1 is 1.29 bits per heavy atom. The van der Waals surface area contributed by atoms with Crippen LogP contribution in [0.3, 0.4) is 0 Å². The van der Waals surface area contributed by atoms with E-state index in [0.29, 0.717) is 5.82 Å². The first-order valence-electron chi connectivity index (χ1n) is 8.27. The first kappa shape index (κ1) is 16.0. The molecule has 1 aromatic heterocycles. The van der Waals surface area contributed by atoms with Crippen molar-refractivity contribution in [1.82, 2.24) is 14.9 Å². The van der Waals surface area contributed by atoms with E-state index in [1.165, 1.54) is 6.42 Å². The normalized spacial score (nSPS) is 16.4. The zero-order valence-electron chi connectivity index (χ0n) is 13.3. The van der Waals surface area contributed by atoms with Gasteiger partial charge in [0.25, 0.3) is 5.56 Å². The van der Waals surface area contributed by atoms with Gasteiger partial charge >= 0.3 is 0 Å². The number of aryl methyl sites for hydroxylation is 1. The number of hydrogen-bond acceptors (Lipinski definition) is 4. The molecule has 118 valence electrons. The maximum Gasteiger partial charge on any atom is 0.293 e. The Morgan fingerprint density at radius 2 is 2.05 bits per heavy atom. The molecule has 0 atom stereocenters. The van der Waals surface area contributed by atoms with Crippen LogP contribution in [0.15, 0.2) is 17.2 Å². The molecule has 1 aliphatic rings. The molecule has 0 amide bonds. The molecular formula is C16H28N4O. The molecule has 1 saturated heterocycles. The number of nitrogens with zero attached hydrogens (tertiary/aromatic N) is 3. The van der Waals surface area contributed by atoms with Gasteiger partial charge in [-0.15, -0.1) is 0 Å². The zero-order chi connectivity index (χ0) is 15.1. The Hall–Kier alpha value is -1.36. The van der Waals surface area contributed by atoms with Crippen LogP contribution in [0.25, 0.3) is 0 Å². The number of rotatable bonds is 7. The highest BCUT2D eigenvalue weighted by molar-refractivity contribution is 5.36. The van der Waals surface area contributed by atoms with Crippen LogP contribution in [0.2, 0.25) is 0 Å². The van der Waals surface area contributed by atoms with E-state index in [1.54, 1.807) is 17.0 Å². The van der Waals surface area contributed by atoms with Gasteiger partial charge in [0.15, 0.2) is 5.82 Å². The number of piperidine rings is 1. The SMILES string of the molecule is CCCNCC1CCN(c2nccn(CCC)c2=O)CC1. The molecule has 0 aliphatic carbocycles. The zero-order valence-corrected chi connectivity index (χ0v) is 13.3. The van der Waals surface area contributed by atoms with Gasteiger partial charge in [0, 0.05) is 32.0 Å². The first-order valence-corrected chi connectivity index (χ1v) is 8.27. The topological polar surface area (TPSA) is 50.2 Å². The van der Waals surface area contributed by atoms with Crippen molar-refractivity contribution in [2.75, 3.05) is 31.1 Å². The Morgan fingerprint density at radius 3 is 2.71 bits per heavy atom. The van der Waals surface area contributed by atoms with Gasteiger partial charge < -0.3 is 14.8 Å². The van der Waals surface area contributed by atoms with E-state index < -0.39 is 0 Å². The summed E-state index contributed by atoms with van der Waals surface area (Å²) >= 11 is 0. The van der Waals surface area contributed by atoms with E-state index >= 15 is 0 Å². The second-order valence-corrected chi connectivity index (χ2v) is 5.88. The first-order chi connectivity index (χ1) is 10.3. The number of nitrogens with one attached hydrogen (secondary N) is 1. The number of anilines is 1. The summed E-state index contributed by atoms with van der Waals surface area (Å²) < 4.78 is 1.78. The van der Waals surface area contributed by atoms with Gasteiger partial charge in [-0.2, -0.15) is 0 Å². The van der Waals surface area contributed by atoms with E-state index in [1.807, 2.05) is 0 Å². The van der Waals surface area contributed by atoms with Crippen molar-refractivity contribution in [1.29, 1.82) is 0 Å². The van der Waals surface area contributed by atoms with E-state index in [4.69, 9.17) is 0 Å². The molecule has 1 aliphatic heterocycles. The second kappa shape index (κ2) is 8.17.